The van der Waals surface area contributed by atoms with Crippen molar-refractivity contribution in [1.82, 2.24) is 10.3 Å². The van der Waals surface area contributed by atoms with Crippen LogP contribution in [0.2, 0.25) is 5.02 Å². The Labute approximate surface area is 111 Å². The Morgan fingerprint density at radius 2 is 2.28 bits per heavy atom. The number of aliphatic hydroxyl groups excluding tert-OH is 1. The molecule has 2 aromatic rings. The Morgan fingerprint density at radius 3 is 3.06 bits per heavy atom. The zero-order chi connectivity index (χ0) is 12.5. The van der Waals surface area contributed by atoms with Crippen molar-refractivity contribution in [2.45, 2.75) is 18.9 Å². The molecule has 18 heavy (non-hydrogen) atoms. The molecular formula is C14H17ClN2O. The molecule has 1 fully saturated rings. The minimum atomic E-state index is -0.426. The van der Waals surface area contributed by atoms with Crippen LogP contribution in [0.25, 0.3) is 10.9 Å². The molecule has 3 nitrogen and oxygen atoms in total. The van der Waals surface area contributed by atoms with Crippen molar-refractivity contribution in [2.75, 3.05) is 13.1 Å². The Bertz CT molecular complexity index is 546. The summed E-state index contributed by atoms with van der Waals surface area (Å²) < 4.78 is 0. The number of halogens is 1. The second-order valence-corrected chi connectivity index (χ2v) is 5.36. The number of hydrogen-bond donors (Lipinski definition) is 3. The van der Waals surface area contributed by atoms with Crippen molar-refractivity contribution < 1.29 is 5.11 Å². The van der Waals surface area contributed by atoms with Gasteiger partial charge in [0.05, 0.1) is 16.6 Å². The highest BCUT2D eigenvalue weighted by Gasteiger charge is 2.25. The third-order valence-corrected chi connectivity index (χ3v) is 4.11. The standard InChI is InChI=1S/C14H17ClN2O/c15-12-5-1-4-10-11(8-17-13(10)12)14(18)9-3-2-6-16-7-9/h1,4-5,8-9,14,16-18H,2-3,6-7H2. The molecule has 1 aromatic carbocycles. The van der Waals surface area contributed by atoms with Crippen LogP contribution in [-0.4, -0.2) is 23.2 Å². The molecule has 1 aromatic heterocycles. The first-order valence-electron chi connectivity index (χ1n) is 6.41. The summed E-state index contributed by atoms with van der Waals surface area (Å²) in [5.41, 5.74) is 1.87. The average Bonchev–Trinajstić information content (AvgIpc) is 2.84. The molecule has 3 rings (SSSR count). The van der Waals surface area contributed by atoms with E-state index < -0.39 is 6.10 Å². The van der Waals surface area contributed by atoms with Crippen molar-refractivity contribution in [1.29, 1.82) is 0 Å². The van der Waals surface area contributed by atoms with Crippen LogP contribution in [-0.2, 0) is 0 Å². The lowest BCUT2D eigenvalue weighted by atomic mass is 9.89. The molecule has 1 aliphatic rings. The summed E-state index contributed by atoms with van der Waals surface area (Å²) in [5.74, 6) is 0.289. The molecule has 0 radical (unpaired) electrons. The lowest BCUT2D eigenvalue weighted by Crippen LogP contribution is -2.33. The summed E-state index contributed by atoms with van der Waals surface area (Å²) in [4.78, 5) is 3.16. The van der Waals surface area contributed by atoms with Gasteiger partial charge in [-0.2, -0.15) is 0 Å². The summed E-state index contributed by atoms with van der Waals surface area (Å²) >= 11 is 6.14. The summed E-state index contributed by atoms with van der Waals surface area (Å²) in [7, 11) is 0. The zero-order valence-corrected chi connectivity index (χ0v) is 10.9. The summed E-state index contributed by atoms with van der Waals surface area (Å²) in [6, 6.07) is 5.79. The van der Waals surface area contributed by atoms with Gasteiger partial charge in [0.25, 0.3) is 0 Å². The van der Waals surface area contributed by atoms with Crippen LogP contribution in [0.4, 0.5) is 0 Å². The number of hydrogen-bond acceptors (Lipinski definition) is 2. The van der Waals surface area contributed by atoms with Crippen LogP contribution in [0.1, 0.15) is 24.5 Å². The number of aliphatic hydroxyl groups is 1. The minimum Gasteiger partial charge on any atom is -0.388 e. The van der Waals surface area contributed by atoms with Crippen LogP contribution >= 0.6 is 11.6 Å². The minimum absolute atomic E-state index is 0.289. The third-order valence-electron chi connectivity index (χ3n) is 3.80. The maximum atomic E-state index is 10.5. The van der Waals surface area contributed by atoms with E-state index in [1.807, 2.05) is 24.4 Å². The monoisotopic (exact) mass is 264 g/mol. The van der Waals surface area contributed by atoms with Crippen molar-refractivity contribution in [2.24, 2.45) is 5.92 Å². The topological polar surface area (TPSA) is 48.0 Å². The van der Waals surface area contributed by atoms with E-state index in [2.05, 4.69) is 10.3 Å². The van der Waals surface area contributed by atoms with Crippen LogP contribution < -0.4 is 5.32 Å². The van der Waals surface area contributed by atoms with Gasteiger partial charge in [-0.1, -0.05) is 23.7 Å². The van der Waals surface area contributed by atoms with Gasteiger partial charge in [0, 0.05) is 29.6 Å². The van der Waals surface area contributed by atoms with Crippen molar-refractivity contribution in [3.8, 4) is 0 Å². The van der Waals surface area contributed by atoms with Crippen LogP contribution in [0, 0.1) is 5.92 Å². The van der Waals surface area contributed by atoms with Gasteiger partial charge >= 0.3 is 0 Å². The van der Waals surface area contributed by atoms with Crippen molar-refractivity contribution in [3.63, 3.8) is 0 Å². The van der Waals surface area contributed by atoms with E-state index in [-0.39, 0.29) is 5.92 Å². The van der Waals surface area contributed by atoms with E-state index in [0.29, 0.717) is 5.02 Å². The number of H-pyrrole nitrogens is 1. The predicted molar refractivity (Wildman–Crippen MR) is 73.9 cm³/mol. The fraction of sp³-hybridized carbons (Fsp3) is 0.429. The van der Waals surface area contributed by atoms with Gasteiger partial charge in [-0.3, -0.25) is 0 Å². The van der Waals surface area contributed by atoms with Crippen LogP contribution in [0.15, 0.2) is 24.4 Å². The number of benzene rings is 1. The number of para-hydroxylation sites is 1. The molecule has 0 saturated carbocycles. The van der Waals surface area contributed by atoms with Gasteiger partial charge in [0.1, 0.15) is 0 Å². The smallest absolute Gasteiger partial charge is 0.0850 e. The summed E-state index contributed by atoms with van der Waals surface area (Å²) in [6.45, 7) is 1.94. The number of aromatic amines is 1. The lowest BCUT2D eigenvalue weighted by Gasteiger charge is -2.27. The van der Waals surface area contributed by atoms with Gasteiger partial charge in [0.15, 0.2) is 0 Å². The van der Waals surface area contributed by atoms with Gasteiger partial charge in [-0.25, -0.2) is 0 Å². The second-order valence-electron chi connectivity index (χ2n) is 4.96. The average molecular weight is 265 g/mol. The Balaban J connectivity index is 1.96. The predicted octanol–water partition coefficient (Wildman–Crippen LogP) is 2.85. The highest BCUT2D eigenvalue weighted by molar-refractivity contribution is 6.35. The van der Waals surface area contributed by atoms with Crippen molar-refractivity contribution in [3.05, 3.63) is 35.0 Å². The normalized spacial score (nSPS) is 22.2. The molecule has 2 unspecified atom stereocenters. The van der Waals surface area contributed by atoms with E-state index in [4.69, 9.17) is 11.6 Å². The van der Waals surface area contributed by atoms with Gasteiger partial charge in [-0.05, 0) is 25.5 Å². The third kappa shape index (κ3) is 2.03. The fourth-order valence-corrected chi connectivity index (χ4v) is 3.02. The number of fused-ring (bicyclic) bond motifs is 1. The number of nitrogens with one attached hydrogen (secondary N) is 2. The van der Waals surface area contributed by atoms with E-state index in [9.17, 15) is 5.11 Å². The largest absolute Gasteiger partial charge is 0.388 e. The Hall–Kier alpha value is -1.03. The van der Waals surface area contributed by atoms with Crippen LogP contribution in [0.3, 0.4) is 0 Å². The molecule has 0 aliphatic carbocycles. The molecule has 3 N–H and O–H groups in total. The first-order chi connectivity index (χ1) is 8.77. The van der Waals surface area contributed by atoms with E-state index in [1.54, 1.807) is 0 Å². The maximum Gasteiger partial charge on any atom is 0.0850 e. The molecule has 0 bridgehead atoms. The Kier molecular flexibility index (Phi) is 3.29. The molecular weight excluding hydrogens is 248 g/mol. The zero-order valence-electron chi connectivity index (χ0n) is 10.1. The van der Waals surface area contributed by atoms with E-state index >= 15 is 0 Å². The number of aromatic nitrogens is 1. The van der Waals surface area contributed by atoms with E-state index in [1.165, 1.54) is 0 Å². The molecule has 1 aliphatic heterocycles. The molecule has 2 heterocycles. The number of piperidine rings is 1. The summed E-state index contributed by atoms with van der Waals surface area (Å²) in [5, 5.41) is 15.6. The molecule has 0 spiro atoms. The Morgan fingerprint density at radius 1 is 1.39 bits per heavy atom. The molecule has 4 heteroatoms. The fourth-order valence-electron chi connectivity index (χ4n) is 2.79. The van der Waals surface area contributed by atoms with Crippen molar-refractivity contribution >= 4 is 22.5 Å². The van der Waals surface area contributed by atoms with E-state index in [0.717, 1.165) is 42.4 Å². The molecule has 2 atom stereocenters. The molecule has 0 amide bonds. The highest BCUT2D eigenvalue weighted by Crippen LogP contribution is 2.34. The summed E-state index contributed by atoms with van der Waals surface area (Å²) in [6.07, 6.45) is 3.66. The SMILES string of the molecule is OC(c1c[nH]c2c(Cl)cccc12)C1CCCNC1. The molecule has 1 saturated heterocycles. The van der Waals surface area contributed by atoms with Gasteiger partial charge in [-0.15, -0.1) is 0 Å². The number of rotatable bonds is 2. The first-order valence-corrected chi connectivity index (χ1v) is 6.79. The second kappa shape index (κ2) is 4.92. The lowest BCUT2D eigenvalue weighted by molar-refractivity contribution is 0.0934. The van der Waals surface area contributed by atoms with Gasteiger partial charge in [0.2, 0.25) is 0 Å². The quantitative estimate of drug-likeness (QED) is 0.781. The maximum absolute atomic E-state index is 10.5. The first kappa shape index (κ1) is 12.0. The van der Waals surface area contributed by atoms with Crippen LogP contribution in [0.5, 0.6) is 0 Å². The highest BCUT2D eigenvalue weighted by atomic mass is 35.5. The molecule has 96 valence electrons. The van der Waals surface area contributed by atoms with Gasteiger partial charge < -0.3 is 15.4 Å².